The van der Waals surface area contributed by atoms with Gasteiger partial charge >= 0.3 is 5.84 Å². The standard InChI is InChI=1S/C14H12N2O2/c1-9-3-4-11(5-10(9)2)13-7-16-6-12(8-17)18-14(16)15-13/h3-8H,1-2H3. The molecule has 90 valence electrons. The SMILES string of the molecule is Cc1ccc(-c2cn3cc(C=O)oc3n2)cc1C. The minimum absolute atomic E-state index is 0.282. The Morgan fingerprint density at radius 1 is 1.22 bits per heavy atom. The maximum absolute atomic E-state index is 10.6. The molecule has 18 heavy (non-hydrogen) atoms. The van der Waals surface area contributed by atoms with Gasteiger partial charge in [-0.05, 0) is 31.0 Å². The topological polar surface area (TPSA) is 47.5 Å². The van der Waals surface area contributed by atoms with Gasteiger partial charge in [0.05, 0.1) is 11.9 Å². The lowest BCUT2D eigenvalue weighted by Gasteiger charge is -2.01. The van der Waals surface area contributed by atoms with Crippen molar-refractivity contribution >= 4 is 12.1 Å². The quantitative estimate of drug-likeness (QED) is 0.647. The summed E-state index contributed by atoms with van der Waals surface area (Å²) in [4.78, 5) is 14.9. The number of aldehydes is 1. The molecule has 0 atom stereocenters. The van der Waals surface area contributed by atoms with E-state index in [1.807, 2.05) is 12.3 Å². The van der Waals surface area contributed by atoms with Gasteiger partial charge in [-0.15, -0.1) is 0 Å². The fourth-order valence-corrected chi connectivity index (χ4v) is 1.91. The Morgan fingerprint density at radius 2 is 2.06 bits per heavy atom. The first kappa shape index (κ1) is 10.8. The predicted octanol–water partition coefficient (Wildman–Crippen LogP) is 3.02. The number of carbonyl (C=O) groups is 1. The number of hydrogen-bond donors (Lipinski definition) is 0. The number of benzene rings is 1. The van der Waals surface area contributed by atoms with E-state index in [-0.39, 0.29) is 5.76 Å². The monoisotopic (exact) mass is 240 g/mol. The van der Waals surface area contributed by atoms with E-state index in [1.54, 1.807) is 10.6 Å². The van der Waals surface area contributed by atoms with Crippen LogP contribution in [0.25, 0.3) is 17.1 Å². The summed E-state index contributed by atoms with van der Waals surface area (Å²) in [7, 11) is 0. The molecule has 0 bridgehead atoms. The Bertz CT molecular complexity index is 706. The molecular weight excluding hydrogens is 228 g/mol. The molecule has 0 N–H and O–H groups in total. The van der Waals surface area contributed by atoms with Gasteiger partial charge in [-0.25, -0.2) is 0 Å². The number of nitrogens with zero attached hydrogens (tertiary/aromatic N) is 2. The van der Waals surface area contributed by atoms with Crippen LogP contribution in [-0.2, 0) is 0 Å². The lowest BCUT2D eigenvalue weighted by molar-refractivity contribution is 0.110. The van der Waals surface area contributed by atoms with Crippen LogP contribution in [0.5, 0.6) is 0 Å². The Hall–Kier alpha value is -2.36. The van der Waals surface area contributed by atoms with Gasteiger partial charge in [0, 0.05) is 11.8 Å². The van der Waals surface area contributed by atoms with Gasteiger partial charge in [0.1, 0.15) is 0 Å². The molecule has 1 aromatic carbocycles. The van der Waals surface area contributed by atoms with Gasteiger partial charge in [0.15, 0.2) is 12.0 Å². The van der Waals surface area contributed by atoms with Crippen LogP contribution in [0.1, 0.15) is 21.7 Å². The summed E-state index contributed by atoms with van der Waals surface area (Å²) in [6.45, 7) is 4.15. The molecule has 0 aliphatic heterocycles. The largest absolute Gasteiger partial charge is 0.420 e. The Labute approximate surface area is 104 Å². The van der Waals surface area contributed by atoms with Gasteiger partial charge in [-0.1, -0.05) is 12.1 Å². The fraction of sp³-hybridized carbons (Fsp3) is 0.143. The van der Waals surface area contributed by atoms with Crippen LogP contribution in [-0.4, -0.2) is 15.7 Å². The second-order valence-corrected chi connectivity index (χ2v) is 4.37. The summed E-state index contributed by atoms with van der Waals surface area (Å²) in [5.41, 5.74) is 4.37. The number of rotatable bonds is 2. The first-order valence-electron chi connectivity index (χ1n) is 5.69. The molecule has 2 aromatic heterocycles. The van der Waals surface area contributed by atoms with Crippen molar-refractivity contribution in [2.75, 3.05) is 0 Å². The molecule has 4 heteroatoms. The van der Waals surface area contributed by atoms with Crippen molar-refractivity contribution in [1.29, 1.82) is 0 Å². The number of hydrogen-bond acceptors (Lipinski definition) is 3. The third kappa shape index (κ3) is 1.62. The highest BCUT2D eigenvalue weighted by atomic mass is 16.4. The molecule has 0 fully saturated rings. The molecule has 0 unspecified atom stereocenters. The summed E-state index contributed by atoms with van der Waals surface area (Å²) >= 11 is 0. The number of oxazole rings is 1. The van der Waals surface area contributed by atoms with Crippen LogP contribution in [0.3, 0.4) is 0 Å². The lowest BCUT2D eigenvalue weighted by atomic mass is 10.1. The third-order valence-electron chi connectivity index (χ3n) is 3.09. The molecule has 2 heterocycles. The number of fused-ring (bicyclic) bond motifs is 1. The summed E-state index contributed by atoms with van der Waals surface area (Å²) in [5, 5.41) is 0. The van der Waals surface area contributed by atoms with Gasteiger partial charge < -0.3 is 4.42 Å². The number of carbonyl (C=O) groups excluding carboxylic acids is 1. The van der Waals surface area contributed by atoms with E-state index in [1.165, 1.54) is 11.1 Å². The van der Waals surface area contributed by atoms with Crippen molar-refractivity contribution < 1.29 is 9.21 Å². The molecule has 0 spiro atoms. The molecule has 0 aliphatic carbocycles. The molecule has 0 saturated carbocycles. The second-order valence-electron chi connectivity index (χ2n) is 4.37. The zero-order valence-corrected chi connectivity index (χ0v) is 10.2. The third-order valence-corrected chi connectivity index (χ3v) is 3.09. The zero-order valence-electron chi connectivity index (χ0n) is 10.2. The van der Waals surface area contributed by atoms with E-state index in [2.05, 4.69) is 31.0 Å². The highest BCUT2D eigenvalue weighted by Crippen LogP contribution is 2.22. The predicted molar refractivity (Wildman–Crippen MR) is 67.8 cm³/mol. The number of imidazole rings is 1. The molecule has 4 nitrogen and oxygen atoms in total. The Morgan fingerprint density at radius 3 is 2.72 bits per heavy atom. The molecule has 0 amide bonds. The minimum atomic E-state index is 0.282. The number of aromatic nitrogens is 2. The minimum Gasteiger partial charge on any atom is -0.420 e. The van der Waals surface area contributed by atoms with Crippen molar-refractivity contribution in [3.8, 4) is 11.3 Å². The van der Waals surface area contributed by atoms with Crippen molar-refractivity contribution in [3.63, 3.8) is 0 Å². The number of aryl methyl sites for hydroxylation is 2. The second kappa shape index (κ2) is 3.84. The van der Waals surface area contributed by atoms with Crippen molar-refractivity contribution in [3.05, 3.63) is 47.5 Å². The van der Waals surface area contributed by atoms with E-state index in [0.29, 0.717) is 12.1 Å². The van der Waals surface area contributed by atoms with E-state index in [9.17, 15) is 4.79 Å². The zero-order chi connectivity index (χ0) is 12.7. The molecule has 3 rings (SSSR count). The van der Waals surface area contributed by atoms with Crippen LogP contribution in [0.2, 0.25) is 0 Å². The first-order valence-corrected chi connectivity index (χ1v) is 5.69. The lowest BCUT2D eigenvalue weighted by Crippen LogP contribution is -1.83. The first-order chi connectivity index (χ1) is 8.67. The highest BCUT2D eigenvalue weighted by molar-refractivity contribution is 5.71. The molecule has 0 aliphatic rings. The van der Waals surface area contributed by atoms with Crippen molar-refractivity contribution in [2.45, 2.75) is 13.8 Å². The van der Waals surface area contributed by atoms with Crippen molar-refractivity contribution in [1.82, 2.24) is 9.38 Å². The molecule has 3 aromatic rings. The van der Waals surface area contributed by atoms with E-state index in [0.717, 1.165) is 11.3 Å². The fourth-order valence-electron chi connectivity index (χ4n) is 1.91. The molecule has 0 radical (unpaired) electrons. The highest BCUT2D eigenvalue weighted by Gasteiger charge is 2.09. The van der Waals surface area contributed by atoms with Gasteiger partial charge in [-0.3, -0.25) is 9.20 Å². The average Bonchev–Trinajstić information content (AvgIpc) is 2.90. The van der Waals surface area contributed by atoms with Gasteiger partial charge in [-0.2, -0.15) is 4.98 Å². The summed E-state index contributed by atoms with van der Waals surface area (Å²) in [6.07, 6.45) is 4.15. The van der Waals surface area contributed by atoms with Crippen LogP contribution in [0.4, 0.5) is 0 Å². The summed E-state index contributed by atoms with van der Waals surface area (Å²) < 4.78 is 6.97. The van der Waals surface area contributed by atoms with E-state index in [4.69, 9.17) is 4.42 Å². The normalized spacial score (nSPS) is 11.0. The van der Waals surface area contributed by atoms with Crippen LogP contribution < -0.4 is 0 Å². The molecule has 0 saturated heterocycles. The summed E-state index contributed by atoms with van der Waals surface area (Å²) in [6, 6.07) is 6.20. The summed E-state index contributed by atoms with van der Waals surface area (Å²) in [5.74, 6) is 0.717. The van der Waals surface area contributed by atoms with Crippen LogP contribution in [0.15, 0.2) is 35.0 Å². The van der Waals surface area contributed by atoms with Crippen LogP contribution in [0, 0.1) is 13.8 Å². The maximum Gasteiger partial charge on any atom is 0.306 e. The average molecular weight is 240 g/mol. The smallest absolute Gasteiger partial charge is 0.306 e. The van der Waals surface area contributed by atoms with Gasteiger partial charge in [0.25, 0.3) is 0 Å². The van der Waals surface area contributed by atoms with Gasteiger partial charge in [0.2, 0.25) is 0 Å². The Kier molecular flexibility index (Phi) is 2.30. The van der Waals surface area contributed by atoms with E-state index < -0.39 is 0 Å². The maximum atomic E-state index is 10.6. The molecular formula is C14H12N2O2. The van der Waals surface area contributed by atoms with Crippen molar-refractivity contribution in [2.24, 2.45) is 0 Å². The van der Waals surface area contributed by atoms with Crippen LogP contribution >= 0.6 is 0 Å². The van der Waals surface area contributed by atoms with E-state index >= 15 is 0 Å². The Balaban J connectivity index is 2.10.